The summed E-state index contributed by atoms with van der Waals surface area (Å²) in [4.78, 5) is 14.1. The van der Waals surface area contributed by atoms with E-state index in [1.165, 1.54) is 13.2 Å². The Hall–Kier alpha value is -1.17. The summed E-state index contributed by atoms with van der Waals surface area (Å²) in [5.74, 6) is -0.400. The number of methoxy groups -OCH3 is 1. The van der Waals surface area contributed by atoms with Gasteiger partial charge in [-0.1, -0.05) is 12.1 Å². The summed E-state index contributed by atoms with van der Waals surface area (Å²) in [5.41, 5.74) is 0.467. The van der Waals surface area contributed by atoms with Gasteiger partial charge in [0.25, 0.3) is 0 Å². The SMILES string of the molecule is COC(=O)C(C)(C)CCN1CCNCC1c1cccc(F)c1.Cl. The minimum Gasteiger partial charge on any atom is -0.469 e. The smallest absolute Gasteiger partial charge is 0.311 e. The summed E-state index contributed by atoms with van der Waals surface area (Å²) < 4.78 is 18.3. The van der Waals surface area contributed by atoms with Gasteiger partial charge in [0, 0.05) is 25.7 Å². The van der Waals surface area contributed by atoms with E-state index < -0.39 is 5.41 Å². The van der Waals surface area contributed by atoms with Gasteiger partial charge in [-0.05, 0) is 44.5 Å². The van der Waals surface area contributed by atoms with Crippen LogP contribution in [0.2, 0.25) is 0 Å². The summed E-state index contributed by atoms with van der Waals surface area (Å²) in [7, 11) is 1.42. The van der Waals surface area contributed by atoms with Crippen molar-refractivity contribution in [1.29, 1.82) is 0 Å². The predicted molar refractivity (Wildman–Crippen MR) is 91.2 cm³/mol. The minimum atomic E-state index is -0.508. The van der Waals surface area contributed by atoms with Gasteiger partial charge in [-0.25, -0.2) is 4.39 Å². The molecule has 4 nitrogen and oxygen atoms in total. The molecule has 1 aromatic rings. The summed E-state index contributed by atoms with van der Waals surface area (Å²) >= 11 is 0. The molecule has 6 heteroatoms. The molecule has 0 bridgehead atoms. The van der Waals surface area contributed by atoms with E-state index in [2.05, 4.69) is 10.2 Å². The van der Waals surface area contributed by atoms with Gasteiger partial charge in [-0.2, -0.15) is 0 Å². The van der Waals surface area contributed by atoms with Crippen LogP contribution in [0.15, 0.2) is 24.3 Å². The average Bonchev–Trinajstić information content (AvgIpc) is 2.52. The third-order valence-electron chi connectivity index (χ3n) is 4.35. The first-order valence-electron chi connectivity index (χ1n) is 7.73. The van der Waals surface area contributed by atoms with Crippen molar-refractivity contribution in [3.8, 4) is 0 Å². The van der Waals surface area contributed by atoms with Crippen molar-refractivity contribution >= 4 is 18.4 Å². The molecule has 1 aromatic carbocycles. The molecule has 1 unspecified atom stereocenters. The number of rotatable bonds is 5. The fourth-order valence-electron chi connectivity index (χ4n) is 2.86. The number of halogens is 2. The fourth-order valence-corrected chi connectivity index (χ4v) is 2.86. The number of nitrogens with one attached hydrogen (secondary N) is 1. The summed E-state index contributed by atoms with van der Waals surface area (Å²) in [6.45, 7) is 7.17. The van der Waals surface area contributed by atoms with Crippen LogP contribution >= 0.6 is 12.4 Å². The highest BCUT2D eigenvalue weighted by atomic mass is 35.5. The van der Waals surface area contributed by atoms with Crippen LogP contribution in [0.3, 0.4) is 0 Å². The monoisotopic (exact) mass is 344 g/mol. The van der Waals surface area contributed by atoms with Crippen molar-refractivity contribution in [2.24, 2.45) is 5.41 Å². The molecule has 1 saturated heterocycles. The van der Waals surface area contributed by atoms with Crippen LogP contribution in [0, 0.1) is 11.2 Å². The first-order valence-corrected chi connectivity index (χ1v) is 7.73. The van der Waals surface area contributed by atoms with Gasteiger partial charge in [-0.15, -0.1) is 12.4 Å². The third-order valence-corrected chi connectivity index (χ3v) is 4.35. The van der Waals surface area contributed by atoms with Crippen LogP contribution in [0.4, 0.5) is 4.39 Å². The second-order valence-corrected chi connectivity index (χ2v) is 6.44. The maximum Gasteiger partial charge on any atom is 0.311 e. The lowest BCUT2D eigenvalue weighted by atomic mass is 9.88. The van der Waals surface area contributed by atoms with Gasteiger partial charge in [0.2, 0.25) is 0 Å². The Morgan fingerprint density at radius 1 is 1.48 bits per heavy atom. The minimum absolute atomic E-state index is 0. The Morgan fingerprint density at radius 3 is 2.87 bits per heavy atom. The number of hydrogen-bond donors (Lipinski definition) is 1. The van der Waals surface area contributed by atoms with Crippen molar-refractivity contribution < 1.29 is 13.9 Å². The Morgan fingerprint density at radius 2 is 2.22 bits per heavy atom. The highest BCUT2D eigenvalue weighted by Crippen LogP contribution is 2.27. The Labute approximate surface area is 143 Å². The predicted octanol–water partition coefficient (Wildman–Crippen LogP) is 2.78. The third kappa shape index (κ3) is 5.16. The molecule has 1 aliphatic heterocycles. The lowest BCUT2D eigenvalue weighted by Crippen LogP contribution is -2.47. The van der Waals surface area contributed by atoms with Gasteiger partial charge in [-0.3, -0.25) is 9.69 Å². The highest BCUT2D eigenvalue weighted by molar-refractivity contribution is 5.85. The van der Waals surface area contributed by atoms with E-state index in [9.17, 15) is 9.18 Å². The molecule has 0 spiro atoms. The normalized spacial score (nSPS) is 19.0. The zero-order valence-corrected chi connectivity index (χ0v) is 14.8. The number of piperazine rings is 1. The first kappa shape index (κ1) is 19.9. The van der Waals surface area contributed by atoms with Gasteiger partial charge in [0.1, 0.15) is 5.82 Å². The van der Waals surface area contributed by atoms with Crippen molar-refractivity contribution in [3.63, 3.8) is 0 Å². The molecule has 0 aliphatic carbocycles. The van der Waals surface area contributed by atoms with Gasteiger partial charge in [0.15, 0.2) is 0 Å². The van der Waals surface area contributed by atoms with Gasteiger partial charge < -0.3 is 10.1 Å². The number of esters is 1. The Balaban J connectivity index is 0.00000264. The maximum absolute atomic E-state index is 13.5. The van der Waals surface area contributed by atoms with Crippen LogP contribution in [0.1, 0.15) is 31.9 Å². The lowest BCUT2D eigenvalue weighted by Gasteiger charge is -2.38. The van der Waals surface area contributed by atoms with E-state index >= 15 is 0 Å². The maximum atomic E-state index is 13.5. The number of carbonyl (C=O) groups is 1. The van der Waals surface area contributed by atoms with E-state index in [1.54, 1.807) is 12.1 Å². The number of carbonyl (C=O) groups excluding carboxylic acids is 1. The standard InChI is InChI=1S/C17H25FN2O2.ClH/c1-17(2,16(21)22-3)7-9-20-10-8-19-12-15(20)13-5-4-6-14(18)11-13;/h4-6,11,15,19H,7-10,12H2,1-3H3;1H. The topological polar surface area (TPSA) is 41.6 Å². The summed E-state index contributed by atoms with van der Waals surface area (Å²) in [6, 6.07) is 6.90. The second kappa shape index (κ2) is 8.62. The average molecular weight is 345 g/mol. The first-order chi connectivity index (χ1) is 10.4. The summed E-state index contributed by atoms with van der Waals surface area (Å²) in [5, 5.41) is 3.36. The molecule has 130 valence electrons. The Bertz CT molecular complexity index is 525. The molecular weight excluding hydrogens is 319 g/mol. The molecule has 2 rings (SSSR count). The second-order valence-electron chi connectivity index (χ2n) is 6.44. The van der Waals surface area contributed by atoms with Crippen molar-refractivity contribution in [2.75, 3.05) is 33.3 Å². The molecule has 0 radical (unpaired) electrons. The van der Waals surface area contributed by atoms with Crippen molar-refractivity contribution in [1.82, 2.24) is 10.2 Å². The number of hydrogen-bond acceptors (Lipinski definition) is 4. The van der Waals surface area contributed by atoms with Crippen LogP contribution < -0.4 is 5.32 Å². The molecule has 0 amide bonds. The molecule has 1 heterocycles. The van der Waals surface area contributed by atoms with Gasteiger partial charge in [0.05, 0.1) is 12.5 Å². The molecule has 23 heavy (non-hydrogen) atoms. The van der Waals surface area contributed by atoms with Crippen LogP contribution in [0.5, 0.6) is 0 Å². The van der Waals surface area contributed by atoms with E-state index in [1.807, 2.05) is 19.9 Å². The zero-order valence-electron chi connectivity index (χ0n) is 14.0. The molecule has 1 fully saturated rings. The van der Waals surface area contributed by atoms with Crippen molar-refractivity contribution in [3.05, 3.63) is 35.6 Å². The van der Waals surface area contributed by atoms with E-state index in [-0.39, 0.29) is 30.2 Å². The van der Waals surface area contributed by atoms with Gasteiger partial charge >= 0.3 is 5.97 Å². The molecule has 1 N–H and O–H groups in total. The number of ether oxygens (including phenoxy) is 1. The Kier molecular flexibility index (Phi) is 7.45. The number of nitrogens with zero attached hydrogens (tertiary/aromatic N) is 1. The van der Waals surface area contributed by atoms with Crippen LogP contribution in [-0.2, 0) is 9.53 Å². The fraction of sp³-hybridized carbons (Fsp3) is 0.588. The number of benzene rings is 1. The van der Waals surface area contributed by atoms with E-state index in [0.717, 1.165) is 31.7 Å². The molecular formula is C17H26ClFN2O2. The largest absolute Gasteiger partial charge is 0.469 e. The van der Waals surface area contributed by atoms with Crippen molar-refractivity contribution in [2.45, 2.75) is 26.3 Å². The molecule has 0 saturated carbocycles. The summed E-state index contributed by atoms with van der Waals surface area (Å²) in [6.07, 6.45) is 0.714. The molecule has 1 atom stereocenters. The molecule has 1 aliphatic rings. The molecule has 0 aromatic heterocycles. The quantitative estimate of drug-likeness (QED) is 0.834. The van der Waals surface area contributed by atoms with Crippen LogP contribution in [-0.4, -0.2) is 44.2 Å². The van der Waals surface area contributed by atoms with E-state index in [4.69, 9.17) is 4.74 Å². The lowest BCUT2D eigenvalue weighted by molar-refractivity contribution is -0.151. The zero-order chi connectivity index (χ0) is 16.2. The van der Waals surface area contributed by atoms with E-state index in [0.29, 0.717) is 6.42 Å². The van der Waals surface area contributed by atoms with Crippen LogP contribution in [0.25, 0.3) is 0 Å². The highest BCUT2D eigenvalue weighted by Gasteiger charge is 2.31.